The van der Waals surface area contributed by atoms with Crippen LogP contribution in [0.15, 0.2) is 40.9 Å². The minimum atomic E-state index is -0.537. The largest absolute Gasteiger partial charge is 0.488 e. The van der Waals surface area contributed by atoms with Crippen molar-refractivity contribution < 1.29 is 18.7 Å². The van der Waals surface area contributed by atoms with E-state index < -0.39 is 11.8 Å². The molecule has 0 saturated heterocycles. The van der Waals surface area contributed by atoms with E-state index in [1.165, 1.54) is 19.2 Å². The van der Waals surface area contributed by atoms with E-state index in [0.29, 0.717) is 21.5 Å². The summed E-state index contributed by atoms with van der Waals surface area (Å²) in [6, 6.07) is 9.14. The van der Waals surface area contributed by atoms with Gasteiger partial charge in [-0.15, -0.1) is 0 Å². The summed E-state index contributed by atoms with van der Waals surface area (Å²) in [6.07, 6.45) is 0. The van der Waals surface area contributed by atoms with E-state index in [0.717, 1.165) is 0 Å². The van der Waals surface area contributed by atoms with Crippen molar-refractivity contribution in [3.05, 3.63) is 57.8 Å². The lowest BCUT2D eigenvalue weighted by Crippen LogP contribution is -2.11. The predicted molar refractivity (Wildman–Crippen MR) is 80.6 cm³/mol. The number of anilines is 1. The van der Waals surface area contributed by atoms with Crippen molar-refractivity contribution >= 4 is 27.6 Å². The lowest BCUT2D eigenvalue weighted by Gasteiger charge is -2.12. The summed E-state index contributed by atoms with van der Waals surface area (Å²) in [6.45, 7) is 0.0670. The number of carbonyl (C=O) groups excluding carboxylic acids is 1. The molecule has 0 unspecified atom stereocenters. The summed E-state index contributed by atoms with van der Waals surface area (Å²) in [5.41, 5.74) is 6.93. The van der Waals surface area contributed by atoms with Gasteiger partial charge in [0.05, 0.1) is 17.1 Å². The van der Waals surface area contributed by atoms with Crippen LogP contribution >= 0.6 is 15.9 Å². The smallest absolute Gasteiger partial charge is 0.340 e. The molecule has 0 bridgehead atoms. The fourth-order valence-corrected chi connectivity index (χ4v) is 2.20. The van der Waals surface area contributed by atoms with Gasteiger partial charge in [-0.05, 0) is 34.1 Å². The number of hydrogen-bond donors (Lipinski definition) is 1. The molecule has 110 valence electrons. The Bertz CT molecular complexity index is 676. The van der Waals surface area contributed by atoms with Gasteiger partial charge in [-0.25, -0.2) is 9.18 Å². The average molecular weight is 354 g/mol. The number of benzene rings is 2. The quantitative estimate of drug-likeness (QED) is 0.674. The van der Waals surface area contributed by atoms with Crippen molar-refractivity contribution in [2.24, 2.45) is 0 Å². The molecule has 21 heavy (non-hydrogen) atoms. The van der Waals surface area contributed by atoms with Crippen LogP contribution in [0.4, 0.5) is 10.1 Å². The van der Waals surface area contributed by atoms with E-state index in [4.69, 9.17) is 15.2 Å². The molecule has 0 spiro atoms. The molecule has 2 rings (SSSR count). The minimum Gasteiger partial charge on any atom is -0.488 e. The molecule has 2 aromatic carbocycles. The molecule has 6 heteroatoms. The Morgan fingerprint density at radius 2 is 2.10 bits per heavy atom. The SMILES string of the molecule is COC(=O)c1c(N)cccc1COc1cc(F)ccc1Br. The van der Waals surface area contributed by atoms with E-state index in [1.807, 2.05) is 0 Å². The third-order valence-corrected chi connectivity index (χ3v) is 3.50. The molecule has 0 fully saturated rings. The molecular formula is C15H13BrFNO3. The van der Waals surface area contributed by atoms with Gasteiger partial charge in [0, 0.05) is 17.3 Å². The zero-order valence-corrected chi connectivity index (χ0v) is 12.8. The minimum absolute atomic E-state index is 0.0670. The Morgan fingerprint density at radius 3 is 2.81 bits per heavy atom. The average Bonchev–Trinajstić information content (AvgIpc) is 2.47. The molecular weight excluding hydrogens is 341 g/mol. The van der Waals surface area contributed by atoms with Crippen molar-refractivity contribution in [1.82, 2.24) is 0 Å². The summed E-state index contributed by atoms with van der Waals surface area (Å²) >= 11 is 3.27. The van der Waals surface area contributed by atoms with Gasteiger partial charge in [0.1, 0.15) is 18.2 Å². The number of ether oxygens (including phenoxy) is 2. The summed E-state index contributed by atoms with van der Waals surface area (Å²) in [5.74, 6) is -0.604. The van der Waals surface area contributed by atoms with Crippen molar-refractivity contribution in [3.63, 3.8) is 0 Å². The summed E-state index contributed by atoms with van der Waals surface area (Å²) < 4.78 is 24.1. The highest BCUT2D eigenvalue weighted by molar-refractivity contribution is 9.10. The van der Waals surface area contributed by atoms with Crippen LogP contribution in [0.1, 0.15) is 15.9 Å². The Kier molecular flexibility index (Phi) is 4.80. The van der Waals surface area contributed by atoms with Gasteiger partial charge in [0.25, 0.3) is 0 Å². The van der Waals surface area contributed by atoms with Gasteiger partial charge in [0.2, 0.25) is 0 Å². The second-order valence-electron chi connectivity index (χ2n) is 4.24. The molecule has 0 amide bonds. The summed E-state index contributed by atoms with van der Waals surface area (Å²) in [4.78, 5) is 11.8. The number of methoxy groups -OCH3 is 1. The zero-order valence-electron chi connectivity index (χ0n) is 11.2. The first-order valence-electron chi connectivity index (χ1n) is 6.06. The highest BCUT2D eigenvalue weighted by atomic mass is 79.9. The third kappa shape index (κ3) is 3.52. The third-order valence-electron chi connectivity index (χ3n) is 2.85. The van der Waals surface area contributed by atoms with Gasteiger partial charge in [0.15, 0.2) is 0 Å². The Balaban J connectivity index is 2.26. The summed E-state index contributed by atoms with van der Waals surface area (Å²) in [5, 5.41) is 0. The molecule has 2 aromatic rings. The first kappa shape index (κ1) is 15.3. The van der Waals surface area contributed by atoms with Gasteiger partial charge in [-0.3, -0.25) is 0 Å². The van der Waals surface area contributed by atoms with Gasteiger partial charge in [-0.1, -0.05) is 12.1 Å². The van der Waals surface area contributed by atoms with Crippen molar-refractivity contribution in [3.8, 4) is 5.75 Å². The Morgan fingerprint density at radius 1 is 1.33 bits per heavy atom. The fourth-order valence-electron chi connectivity index (χ4n) is 1.83. The lowest BCUT2D eigenvalue weighted by atomic mass is 10.1. The Hall–Kier alpha value is -2.08. The molecule has 0 atom stereocenters. The second-order valence-corrected chi connectivity index (χ2v) is 5.09. The van der Waals surface area contributed by atoms with Crippen LogP contribution in [0.25, 0.3) is 0 Å². The van der Waals surface area contributed by atoms with E-state index in [9.17, 15) is 9.18 Å². The zero-order chi connectivity index (χ0) is 15.4. The number of esters is 1. The van der Waals surface area contributed by atoms with E-state index in [1.54, 1.807) is 24.3 Å². The van der Waals surface area contributed by atoms with Crippen molar-refractivity contribution in [2.45, 2.75) is 6.61 Å². The van der Waals surface area contributed by atoms with Crippen LogP contribution in [0.5, 0.6) is 5.75 Å². The van der Waals surface area contributed by atoms with Crippen LogP contribution in [0.2, 0.25) is 0 Å². The maximum atomic E-state index is 13.2. The molecule has 0 aromatic heterocycles. The van der Waals surface area contributed by atoms with E-state index >= 15 is 0 Å². The molecule has 2 N–H and O–H groups in total. The monoisotopic (exact) mass is 353 g/mol. The lowest BCUT2D eigenvalue weighted by molar-refractivity contribution is 0.0599. The van der Waals surface area contributed by atoms with Crippen LogP contribution in [0, 0.1) is 5.82 Å². The number of hydrogen-bond acceptors (Lipinski definition) is 4. The van der Waals surface area contributed by atoms with Crippen molar-refractivity contribution in [1.29, 1.82) is 0 Å². The molecule has 0 aliphatic carbocycles. The molecule has 0 radical (unpaired) electrons. The standard InChI is InChI=1S/C15H13BrFNO3/c1-20-15(19)14-9(3-2-4-12(14)18)8-21-13-7-10(17)5-6-11(13)16/h2-7H,8,18H2,1H3. The van der Waals surface area contributed by atoms with Crippen LogP contribution in [-0.2, 0) is 11.3 Å². The van der Waals surface area contributed by atoms with Crippen molar-refractivity contribution in [2.75, 3.05) is 12.8 Å². The highest BCUT2D eigenvalue weighted by Gasteiger charge is 2.16. The molecule has 0 saturated carbocycles. The molecule has 0 heterocycles. The first-order valence-corrected chi connectivity index (χ1v) is 6.85. The van der Waals surface area contributed by atoms with Gasteiger partial charge < -0.3 is 15.2 Å². The number of carbonyl (C=O) groups is 1. The van der Waals surface area contributed by atoms with Crippen LogP contribution < -0.4 is 10.5 Å². The van der Waals surface area contributed by atoms with E-state index in [-0.39, 0.29) is 12.2 Å². The normalized spacial score (nSPS) is 10.2. The fraction of sp³-hybridized carbons (Fsp3) is 0.133. The number of halogens is 2. The predicted octanol–water partition coefficient (Wildman–Crippen LogP) is 3.54. The molecule has 4 nitrogen and oxygen atoms in total. The number of nitrogens with two attached hydrogens (primary N) is 1. The maximum absolute atomic E-state index is 13.2. The number of rotatable bonds is 4. The Labute approximate surface area is 129 Å². The van der Waals surface area contributed by atoms with Gasteiger partial charge >= 0.3 is 5.97 Å². The highest BCUT2D eigenvalue weighted by Crippen LogP contribution is 2.27. The summed E-state index contributed by atoms with van der Waals surface area (Å²) in [7, 11) is 1.28. The molecule has 0 aliphatic heterocycles. The molecule has 0 aliphatic rings. The van der Waals surface area contributed by atoms with Crippen LogP contribution in [-0.4, -0.2) is 13.1 Å². The second kappa shape index (κ2) is 6.58. The van der Waals surface area contributed by atoms with Crippen LogP contribution in [0.3, 0.4) is 0 Å². The van der Waals surface area contributed by atoms with E-state index in [2.05, 4.69) is 15.9 Å². The first-order chi connectivity index (χ1) is 10.0. The topological polar surface area (TPSA) is 61.5 Å². The maximum Gasteiger partial charge on any atom is 0.340 e. The van der Waals surface area contributed by atoms with Gasteiger partial charge in [-0.2, -0.15) is 0 Å². The number of nitrogen functional groups attached to an aromatic ring is 1.